The maximum Gasteiger partial charge on any atom is 0.0330 e. The molecule has 1 aromatic heterocycles. The summed E-state index contributed by atoms with van der Waals surface area (Å²) in [4.78, 5) is 4.14. The lowest BCUT2D eigenvalue weighted by Gasteiger charge is -2.15. The largest absolute Gasteiger partial charge is 0.317 e. The second kappa shape index (κ2) is 5.80. The maximum atomic E-state index is 3.46. The van der Waals surface area contributed by atoms with Gasteiger partial charge in [-0.05, 0) is 55.9 Å². The van der Waals surface area contributed by atoms with Gasteiger partial charge in [0, 0.05) is 18.0 Å². The molecule has 2 rings (SSSR count). The normalized spacial score (nSPS) is 21.8. The minimum absolute atomic E-state index is 0.861. The molecule has 3 heteroatoms. The Kier molecular flexibility index (Phi) is 4.38. The van der Waals surface area contributed by atoms with E-state index in [2.05, 4.69) is 35.5 Å². The molecule has 2 nitrogen and oxygen atoms in total. The number of thiophene rings is 1. The van der Waals surface area contributed by atoms with E-state index < -0.39 is 0 Å². The number of rotatable bonds is 5. The van der Waals surface area contributed by atoms with Crippen LogP contribution in [0, 0.1) is 12.8 Å². The van der Waals surface area contributed by atoms with Crippen LogP contribution in [0.3, 0.4) is 0 Å². The van der Waals surface area contributed by atoms with Crippen molar-refractivity contribution in [3.05, 3.63) is 21.9 Å². The number of hydrogen-bond donors (Lipinski definition) is 1. The van der Waals surface area contributed by atoms with Crippen LogP contribution in [0.25, 0.3) is 0 Å². The van der Waals surface area contributed by atoms with Crippen molar-refractivity contribution < 1.29 is 0 Å². The predicted molar refractivity (Wildman–Crippen MR) is 71.0 cm³/mol. The first-order valence-corrected chi connectivity index (χ1v) is 7.13. The maximum absolute atomic E-state index is 3.46. The van der Waals surface area contributed by atoms with Crippen molar-refractivity contribution in [3.8, 4) is 0 Å². The summed E-state index contributed by atoms with van der Waals surface area (Å²) in [6.45, 7) is 10.4. The molecule has 1 fully saturated rings. The lowest BCUT2D eigenvalue weighted by Crippen LogP contribution is -2.26. The molecule has 2 heterocycles. The average molecular weight is 238 g/mol. The van der Waals surface area contributed by atoms with Crippen LogP contribution in [0.2, 0.25) is 0 Å². The molecule has 0 aliphatic carbocycles. The highest BCUT2D eigenvalue weighted by molar-refractivity contribution is 7.10. The summed E-state index contributed by atoms with van der Waals surface area (Å²) in [5.41, 5.74) is 1.46. The molecule has 0 saturated carbocycles. The number of hydrogen-bond acceptors (Lipinski definition) is 3. The molecule has 0 amide bonds. The Morgan fingerprint density at radius 2 is 2.44 bits per heavy atom. The molecule has 1 N–H and O–H groups in total. The van der Waals surface area contributed by atoms with Crippen LogP contribution in [-0.4, -0.2) is 31.1 Å². The molecule has 16 heavy (non-hydrogen) atoms. The monoisotopic (exact) mass is 238 g/mol. The van der Waals surface area contributed by atoms with Crippen LogP contribution in [-0.2, 0) is 6.54 Å². The van der Waals surface area contributed by atoms with Crippen LogP contribution in [0.5, 0.6) is 0 Å². The van der Waals surface area contributed by atoms with E-state index in [1.165, 1.54) is 31.6 Å². The fourth-order valence-corrected chi connectivity index (χ4v) is 3.29. The highest BCUT2D eigenvalue weighted by Crippen LogP contribution is 2.22. The second-order valence-corrected chi connectivity index (χ2v) is 5.72. The highest BCUT2D eigenvalue weighted by Gasteiger charge is 2.22. The summed E-state index contributed by atoms with van der Waals surface area (Å²) >= 11 is 1.90. The van der Waals surface area contributed by atoms with Gasteiger partial charge in [-0.3, -0.25) is 4.90 Å². The third-order valence-electron chi connectivity index (χ3n) is 3.39. The second-order valence-electron chi connectivity index (χ2n) is 4.72. The van der Waals surface area contributed by atoms with Crippen molar-refractivity contribution in [2.75, 3.05) is 26.2 Å². The van der Waals surface area contributed by atoms with E-state index in [-0.39, 0.29) is 0 Å². The van der Waals surface area contributed by atoms with Gasteiger partial charge in [-0.15, -0.1) is 11.3 Å². The van der Waals surface area contributed by atoms with Crippen molar-refractivity contribution >= 4 is 11.3 Å². The number of likely N-dealkylation sites (tertiary alicyclic amines) is 1. The molecule has 1 saturated heterocycles. The zero-order chi connectivity index (χ0) is 11.4. The van der Waals surface area contributed by atoms with Gasteiger partial charge in [0.15, 0.2) is 0 Å². The zero-order valence-electron chi connectivity index (χ0n) is 10.3. The Balaban J connectivity index is 1.79. The van der Waals surface area contributed by atoms with E-state index in [0.717, 1.165) is 19.0 Å². The Labute approximate surface area is 103 Å². The van der Waals surface area contributed by atoms with Crippen molar-refractivity contribution in [2.45, 2.75) is 26.8 Å². The SMILES string of the molecule is CCNCC1CCN(Cc2sccc2C)C1. The fraction of sp³-hybridized carbons (Fsp3) is 0.692. The van der Waals surface area contributed by atoms with Gasteiger partial charge in [0.05, 0.1) is 0 Å². The predicted octanol–water partition coefficient (Wildman–Crippen LogP) is 2.49. The van der Waals surface area contributed by atoms with Gasteiger partial charge in [0.1, 0.15) is 0 Å². The lowest BCUT2D eigenvalue weighted by molar-refractivity contribution is 0.317. The van der Waals surface area contributed by atoms with Gasteiger partial charge < -0.3 is 5.32 Å². The third-order valence-corrected chi connectivity index (χ3v) is 4.40. The number of nitrogens with one attached hydrogen (secondary N) is 1. The summed E-state index contributed by atoms with van der Waals surface area (Å²) < 4.78 is 0. The summed E-state index contributed by atoms with van der Waals surface area (Å²) in [6.07, 6.45) is 1.36. The first-order valence-electron chi connectivity index (χ1n) is 6.25. The van der Waals surface area contributed by atoms with Crippen LogP contribution in [0.4, 0.5) is 0 Å². The molecule has 1 unspecified atom stereocenters. The summed E-state index contributed by atoms with van der Waals surface area (Å²) in [5.74, 6) is 0.861. The third kappa shape index (κ3) is 3.06. The number of nitrogens with zero attached hydrogens (tertiary/aromatic N) is 1. The van der Waals surface area contributed by atoms with E-state index in [1.807, 2.05) is 11.3 Å². The molecule has 90 valence electrons. The van der Waals surface area contributed by atoms with Crippen LogP contribution < -0.4 is 5.32 Å². The van der Waals surface area contributed by atoms with E-state index in [9.17, 15) is 0 Å². The first kappa shape index (κ1) is 12.1. The quantitative estimate of drug-likeness (QED) is 0.848. The summed E-state index contributed by atoms with van der Waals surface area (Å²) in [5, 5.41) is 5.66. The van der Waals surface area contributed by atoms with Gasteiger partial charge in [-0.1, -0.05) is 6.92 Å². The Morgan fingerprint density at radius 3 is 3.12 bits per heavy atom. The standard InChI is InChI=1S/C13H22N2S/c1-3-14-8-12-4-6-15(9-12)10-13-11(2)5-7-16-13/h5,7,12,14H,3-4,6,8-10H2,1-2H3. The Bertz CT molecular complexity index is 321. The summed E-state index contributed by atoms with van der Waals surface area (Å²) in [6, 6.07) is 2.23. The molecule has 0 radical (unpaired) electrons. The van der Waals surface area contributed by atoms with Gasteiger partial charge in [0.2, 0.25) is 0 Å². The fourth-order valence-electron chi connectivity index (χ4n) is 2.34. The van der Waals surface area contributed by atoms with Crippen LogP contribution >= 0.6 is 11.3 Å². The average Bonchev–Trinajstić information content (AvgIpc) is 2.87. The van der Waals surface area contributed by atoms with Crippen molar-refractivity contribution in [1.82, 2.24) is 10.2 Å². The molecule has 1 atom stereocenters. The molecular weight excluding hydrogens is 216 g/mol. The Hall–Kier alpha value is -0.380. The first-order chi connectivity index (χ1) is 7.79. The van der Waals surface area contributed by atoms with Crippen LogP contribution in [0.15, 0.2) is 11.4 Å². The van der Waals surface area contributed by atoms with Gasteiger partial charge in [0.25, 0.3) is 0 Å². The van der Waals surface area contributed by atoms with E-state index in [4.69, 9.17) is 0 Å². The number of aryl methyl sites for hydroxylation is 1. The van der Waals surface area contributed by atoms with E-state index in [0.29, 0.717) is 0 Å². The topological polar surface area (TPSA) is 15.3 Å². The van der Waals surface area contributed by atoms with Crippen molar-refractivity contribution in [2.24, 2.45) is 5.92 Å². The van der Waals surface area contributed by atoms with Crippen molar-refractivity contribution in [1.29, 1.82) is 0 Å². The van der Waals surface area contributed by atoms with Gasteiger partial charge >= 0.3 is 0 Å². The molecule has 0 spiro atoms. The Morgan fingerprint density at radius 1 is 1.56 bits per heavy atom. The minimum atomic E-state index is 0.861. The van der Waals surface area contributed by atoms with E-state index in [1.54, 1.807) is 4.88 Å². The van der Waals surface area contributed by atoms with Gasteiger partial charge in [-0.25, -0.2) is 0 Å². The van der Waals surface area contributed by atoms with Crippen LogP contribution in [0.1, 0.15) is 23.8 Å². The summed E-state index contributed by atoms with van der Waals surface area (Å²) in [7, 11) is 0. The molecular formula is C13H22N2S. The molecule has 0 bridgehead atoms. The molecule has 0 aromatic carbocycles. The highest BCUT2D eigenvalue weighted by atomic mass is 32.1. The van der Waals surface area contributed by atoms with Crippen molar-refractivity contribution in [3.63, 3.8) is 0 Å². The van der Waals surface area contributed by atoms with Gasteiger partial charge in [-0.2, -0.15) is 0 Å². The smallest absolute Gasteiger partial charge is 0.0330 e. The van der Waals surface area contributed by atoms with E-state index >= 15 is 0 Å². The molecule has 1 aromatic rings. The zero-order valence-corrected chi connectivity index (χ0v) is 11.1. The lowest BCUT2D eigenvalue weighted by atomic mass is 10.1. The molecule has 1 aliphatic heterocycles. The molecule has 1 aliphatic rings. The minimum Gasteiger partial charge on any atom is -0.317 e.